The molecule has 214 valence electrons. The zero-order valence-corrected chi connectivity index (χ0v) is 24.0. The standard InChI is InChI=1S/C31H41N5O4/c1-22(2)18-23(3)34-30(37)11-8-24-6-9-25(10-7-24)35-31-26-19-28(38-4)29(20-27(26)32-21-33-31)40-15-5-12-36-13-16-39-17-14-36/h6-11,19-23H,5,12-18H2,1-4H3,(H,34,37)(H,32,33,35). The van der Waals surface area contributed by atoms with Crippen molar-refractivity contribution in [3.63, 3.8) is 0 Å². The highest BCUT2D eigenvalue weighted by molar-refractivity contribution is 5.93. The van der Waals surface area contributed by atoms with Gasteiger partial charge in [-0.25, -0.2) is 9.97 Å². The van der Waals surface area contributed by atoms with Crippen LogP contribution in [0.4, 0.5) is 11.5 Å². The van der Waals surface area contributed by atoms with Gasteiger partial charge in [0, 0.05) is 48.9 Å². The van der Waals surface area contributed by atoms with Gasteiger partial charge in [0.15, 0.2) is 11.5 Å². The lowest BCUT2D eigenvalue weighted by atomic mass is 10.1. The number of morpholine rings is 1. The predicted molar refractivity (Wildman–Crippen MR) is 159 cm³/mol. The van der Waals surface area contributed by atoms with Crippen molar-refractivity contribution in [3.05, 3.63) is 54.4 Å². The summed E-state index contributed by atoms with van der Waals surface area (Å²) in [6, 6.07) is 11.8. The summed E-state index contributed by atoms with van der Waals surface area (Å²) in [5, 5.41) is 7.21. The molecule has 9 heteroatoms. The van der Waals surface area contributed by atoms with E-state index in [2.05, 4.69) is 39.3 Å². The van der Waals surface area contributed by atoms with E-state index in [9.17, 15) is 4.79 Å². The summed E-state index contributed by atoms with van der Waals surface area (Å²) in [5.74, 6) is 2.43. The van der Waals surface area contributed by atoms with Gasteiger partial charge in [-0.05, 0) is 55.5 Å². The number of hydrogen-bond donors (Lipinski definition) is 2. The van der Waals surface area contributed by atoms with Crippen LogP contribution in [0.5, 0.6) is 11.5 Å². The Kier molecular flexibility index (Phi) is 10.7. The Labute approximate surface area is 236 Å². The molecule has 1 amide bonds. The fourth-order valence-corrected chi connectivity index (χ4v) is 4.77. The van der Waals surface area contributed by atoms with Gasteiger partial charge in [0.2, 0.25) is 5.91 Å². The number of nitrogens with one attached hydrogen (secondary N) is 2. The summed E-state index contributed by atoms with van der Waals surface area (Å²) in [6.07, 6.45) is 6.80. The number of aromatic nitrogens is 2. The number of benzene rings is 2. The molecule has 1 fully saturated rings. The van der Waals surface area contributed by atoms with Crippen LogP contribution >= 0.6 is 0 Å². The normalized spacial score (nSPS) is 14.9. The molecule has 1 saturated heterocycles. The third kappa shape index (κ3) is 8.66. The van der Waals surface area contributed by atoms with E-state index in [1.165, 1.54) is 6.33 Å². The minimum Gasteiger partial charge on any atom is -0.493 e. The van der Waals surface area contributed by atoms with Gasteiger partial charge in [0.25, 0.3) is 0 Å². The summed E-state index contributed by atoms with van der Waals surface area (Å²) >= 11 is 0. The largest absolute Gasteiger partial charge is 0.493 e. The summed E-state index contributed by atoms with van der Waals surface area (Å²) in [5.41, 5.74) is 2.56. The second-order valence-electron chi connectivity index (χ2n) is 10.5. The van der Waals surface area contributed by atoms with E-state index in [0.29, 0.717) is 29.8 Å². The van der Waals surface area contributed by atoms with Crippen molar-refractivity contribution in [2.45, 2.75) is 39.7 Å². The molecule has 0 aliphatic carbocycles. The average Bonchev–Trinajstić information content (AvgIpc) is 2.95. The molecule has 0 bridgehead atoms. The number of anilines is 2. The molecule has 3 aromatic rings. The first-order chi connectivity index (χ1) is 19.4. The van der Waals surface area contributed by atoms with Crippen LogP contribution in [0, 0.1) is 5.92 Å². The number of carbonyl (C=O) groups excluding carboxylic acids is 1. The molecule has 1 unspecified atom stereocenters. The third-order valence-electron chi connectivity index (χ3n) is 6.71. The number of amides is 1. The van der Waals surface area contributed by atoms with Gasteiger partial charge in [0.1, 0.15) is 12.1 Å². The van der Waals surface area contributed by atoms with E-state index in [0.717, 1.165) is 67.8 Å². The molecule has 2 heterocycles. The number of ether oxygens (including phenoxy) is 3. The van der Waals surface area contributed by atoms with Crippen molar-refractivity contribution >= 4 is 34.4 Å². The Morgan fingerprint density at radius 2 is 1.88 bits per heavy atom. The summed E-state index contributed by atoms with van der Waals surface area (Å²) in [4.78, 5) is 23.5. The average molecular weight is 548 g/mol. The Morgan fingerprint density at radius 3 is 2.60 bits per heavy atom. The third-order valence-corrected chi connectivity index (χ3v) is 6.71. The fourth-order valence-electron chi connectivity index (χ4n) is 4.77. The van der Waals surface area contributed by atoms with Gasteiger partial charge in [-0.1, -0.05) is 26.0 Å². The van der Waals surface area contributed by atoms with E-state index in [1.54, 1.807) is 13.2 Å². The minimum absolute atomic E-state index is 0.0859. The highest BCUT2D eigenvalue weighted by Crippen LogP contribution is 2.34. The first kappa shape index (κ1) is 29.3. The second kappa shape index (κ2) is 14.6. The van der Waals surface area contributed by atoms with E-state index in [-0.39, 0.29) is 11.9 Å². The van der Waals surface area contributed by atoms with Crippen molar-refractivity contribution < 1.29 is 19.0 Å². The van der Waals surface area contributed by atoms with E-state index in [4.69, 9.17) is 14.2 Å². The Morgan fingerprint density at radius 1 is 1.10 bits per heavy atom. The van der Waals surface area contributed by atoms with Crippen LogP contribution in [0.3, 0.4) is 0 Å². The number of hydrogen-bond acceptors (Lipinski definition) is 8. The molecular formula is C31H41N5O4. The lowest BCUT2D eigenvalue weighted by Gasteiger charge is -2.26. The number of rotatable bonds is 13. The lowest BCUT2D eigenvalue weighted by Crippen LogP contribution is -2.37. The first-order valence-corrected chi connectivity index (χ1v) is 14.0. The van der Waals surface area contributed by atoms with Gasteiger partial charge < -0.3 is 24.8 Å². The molecule has 1 atom stereocenters. The number of carbonyl (C=O) groups is 1. The zero-order valence-electron chi connectivity index (χ0n) is 24.0. The van der Waals surface area contributed by atoms with Gasteiger partial charge in [-0.3, -0.25) is 9.69 Å². The fraction of sp³-hybridized carbons (Fsp3) is 0.452. The van der Waals surface area contributed by atoms with Crippen LogP contribution in [-0.2, 0) is 9.53 Å². The van der Waals surface area contributed by atoms with Crippen molar-refractivity contribution in [2.24, 2.45) is 5.92 Å². The lowest BCUT2D eigenvalue weighted by molar-refractivity contribution is -0.117. The van der Waals surface area contributed by atoms with E-state index >= 15 is 0 Å². The molecule has 1 aromatic heterocycles. The quantitative estimate of drug-likeness (QED) is 0.227. The minimum atomic E-state index is -0.0859. The highest BCUT2D eigenvalue weighted by atomic mass is 16.5. The molecule has 9 nitrogen and oxygen atoms in total. The maximum Gasteiger partial charge on any atom is 0.244 e. The van der Waals surface area contributed by atoms with E-state index in [1.807, 2.05) is 49.4 Å². The molecule has 2 N–H and O–H groups in total. The van der Waals surface area contributed by atoms with Crippen LogP contribution in [0.1, 0.15) is 39.2 Å². The van der Waals surface area contributed by atoms with Crippen molar-refractivity contribution in [2.75, 3.05) is 51.9 Å². The molecule has 1 aliphatic rings. The number of methoxy groups -OCH3 is 1. The molecule has 0 saturated carbocycles. The zero-order chi connectivity index (χ0) is 28.3. The molecule has 40 heavy (non-hydrogen) atoms. The van der Waals surface area contributed by atoms with Gasteiger partial charge >= 0.3 is 0 Å². The molecule has 2 aromatic carbocycles. The molecule has 0 spiro atoms. The van der Waals surface area contributed by atoms with Crippen molar-refractivity contribution in [1.82, 2.24) is 20.2 Å². The van der Waals surface area contributed by atoms with Crippen LogP contribution < -0.4 is 20.1 Å². The monoisotopic (exact) mass is 547 g/mol. The predicted octanol–water partition coefficient (Wildman–Crippen LogP) is 5.05. The Bertz CT molecular complexity index is 1270. The van der Waals surface area contributed by atoms with Crippen LogP contribution in [0.2, 0.25) is 0 Å². The molecule has 1 aliphatic heterocycles. The Hall–Kier alpha value is -3.69. The van der Waals surface area contributed by atoms with Crippen molar-refractivity contribution in [1.29, 1.82) is 0 Å². The van der Waals surface area contributed by atoms with Gasteiger partial charge in [-0.15, -0.1) is 0 Å². The highest BCUT2D eigenvalue weighted by Gasteiger charge is 2.14. The van der Waals surface area contributed by atoms with Gasteiger partial charge in [0.05, 0.1) is 32.4 Å². The molecule has 0 radical (unpaired) electrons. The smallest absolute Gasteiger partial charge is 0.244 e. The number of fused-ring (bicyclic) bond motifs is 1. The van der Waals surface area contributed by atoms with Crippen LogP contribution in [0.15, 0.2) is 48.8 Å². The summed E-state index contributed by atoms with van der Waals surface area (Å²) in [7, 11) is 1.64. The topological polar surface area (TPSA) is 97.8 Å². The molecule has 4 rings (SSSR count). The van der Waals surface area contributed by atoms with E-state index < -0.39 is 0 Å². The first-order valence-electron chi connectivity index (χ1n) is 14.0. The molecular weight excluding hydrogens is 506 g/mol. The van der Waals surface area contributed by atoms with Gasteiger partial charge in [-0.2, -0.15) is 0 Å². The maximum atomic E-state index is 12.2. The summed E-state index contributed by atoms with van der Waals surface area (Å²) in [6.45, 7) is 11.4. The Balaban J connectivity index is 1.37. The SMILES string of the molecule is COc1cc2c(Nc3ccc(C=CC(=O)NC(C)CC(C)C)cc3)ncnc2cc1OCCCN1CCOCC1. The second-order valence-corrected chi connectivity index (χ2v) is 10.5. The van der Waals surface area contributed by atoms with Crippen LogP contribution in [-0.4, -0.2) is 73.4 Å². The summed E-state index contributed by atoms with van der Waals surface area (Å²) < 4.78 is 17.1. The van der Waals surface area contributed by atoms with Crippen molar-refractivity contribution in [3.8, 4) is 11.5 Å². The number of nitrogens with zero attached hydrogens (tertiary/aromatic N) is 3. The van der Waals surface area contributed by atoms with Crippen LogP contribution in [0.25, 0.3) is 17.0 Å². The maximum absolute atomic E-state index is 12.2.